The largest absolute Gasteiger partial charge is 0.462 e. The Morgan fingerprint density at radius 3 is 2.69 bits per heavy atom. The topological polar surface area (TPSA) is 68.5 Å². The van der Waals surface area contributed by atoms with Crippen LogP contribution in [0.15, 0.2) is 30.5 Å². The predicted molar refractivity (Wildman–Crippen MR) is 116 cm³/mol. The summed E-state index contributed by atoms with van der Waals surface area (Å²) in [5.74, 6) is 0.601. The van der Waals surface area contributed by atoms with Crippen LogP contribution in [0.25, 0.3) is 5.65 Å². The fourth-order valence-electron chi connectivity index (χ4n) is 2.89. The maximum atomic E-state index is 12.3. The van der Waals surface area contributed by atoms with E-state index in [-0.39, 0.29) is 18.2 Å². The average Bonchev–Trinajstić information content (AvgIpc) is 3.08. The van der Waals surface area contributed by atoms with E-state index in [1.165, 1.54) is 6.20 Å². The second-order valence-corrected chi connectivity index (χ2v) is 8.02. The van der Waals surface area contributed by atoms with E-state index in [1.54, 1.807) is 11.4 Å². The summed E-state index contributed by atoms with van der Waals surface area (Å²) in [5, 5.41) is 8.87. The summed E-state index contributed by atoms with van der Waals surface area (Å²) in [6.45, 7) is 8.36. The third kappa shape index (κ3) is 4.65. The molecule has 29 heavy (non-hydrogen) atoms. The Morgan fingerprint density at radius 1 is 1.28 bits per heavy atom. The number of nitrogens with one attached hydrogen (secondary N) is 1. The first-order chi connectivity index (χ1) is 13.8. The van der Waals surface area contributed by atoms with Crippen LogP contribution < -0.4 is 5.32 Å². The summed E-state index contributed by atoms with van der Waals surface area (Å²) < 4.78 is 6.74. The van der Waals surface area contributed by atoms with E-state index in [0.29, 0.717) is 34.0 Å². The van der Waals surface area contributed by atoms with E-state index >= 15 is 0 Å². The van der Waals surface area contributed by atoms with Crippen LogP contribution in [0.2, 0.25) is 10.2 Å². The molecule has 2 heterocycles. The molecule has 8 heteroatoms. The lowest BCUT2D eigenvalue weighted by Crippen LogP contribution is -2.24. The molecule has 1 N–H and O–H groups in total. The molecule has 0 aliphatic carbocycles. The van der Waals surface area contributed by atoms with Crippen molar-refractivity contribution in [3.8, 4) is 0 Å². The zero-order valence-corrected chi connectivity index (χ0v) is 18.4. The summed E-state index contributed by atoms with van der Waals surface area (Å²) in [6, 6.07) is 7.74. The van der Waals surface area contributed by atoms with Gasteiger partial charge in [0.2, 0.25) is 0 Å². The number of hydrogen-bond acceptors (Lipinski definition) is 5. The van der Waals surface area contributed by atoms with Crippen molar-refractivity contribution < 1.29 is 9.53 Å². The molecule has 1 aromatic carbocycles. The molecule has 0 amide bonds. The van der Waals surface area contributed by atoms with Gasteiger partial charge in [0.15, 0.2) is 5.65 Å². The molecule has 3 aromatic rings. The summed E-state index contributed by atoms with van der Waals surface area (Å²) in [4.78, 5) is 16.8. The molecule has 0 fully saturated rings. The smallest absolute Gasteiger partial charge is 0.343 e. The number of nitrogens with zero attached hydrogens (tertiary/aromatic N) is 3. The zero-order chi connectivity index (χ0) is 21.1. The summed E-state index contributed by atoms with van der Waals surface area (Å²) in [7, 11) is 0. The number of anilines is 1. The number of benzene rings is 1. The van der Waals surface area contributed by atoms with Crippen LogP contribution in [0, 0.1) is 5.92 Å². The molecule has 1 atom stereocenters. The van der Waals surface area contributed by atoms with Crippen molar-refractivity contribution in [2.24, 2.45) is 5.92 Å². The highest BCUT2D eigenvalue weighted by atomic mass is 35.5. The van der Waals surface area contributed by atoms with Gasteiger partial charge in [0.1, 0.15) is 16.5 Å². The van der Waals surface area contributed by atoms with Gasteiger partial charge in [0.05, 0.1) is 12.8 Å². The highest BCUT2D eigenvalue weighted by Gasteiger charge is 2.23. The van der Waals surface area contributed by atoms with Gasteiger partial charge >= 0.3 is 5.97 Å². The van der Waals surface area contributed by atoms with Crippen LogP contribution in [0.4, 0.5) is 5.82 Å². The van der Waals surface area contributed by atoms with Crippen LogP contribution >= 0.6 is 23.2 Å². The van der Waals surface area contributed by atoms with E-state index in [9.17, 15) is 4.79 Å². The first-order valence-electron chi connectivity index (χ1n) is 9.56. The van der Waals surface area contributed by atoms with E-state index in [4.69, 9.17) is 27.9 Å². The lowest BCUT2D eigenvalue weighted by molar-refractivity contribution is 0.0528. The first kappa shape index (κ1) is 21.4. The van der Waals surface area contributed by atoms with Crippen molar-refractivity contribution in [2.45, 2.75) is 40.2 Å². The third-order valence-electron chi connectivity index (χ3n) is 4.82. The molecular formula is C21H24Cl2N4O2. The van der Waals surface area contributed by atoms with Gasteiger partial charge in [-0.3, -0.25) is 0 Å². The second-order valence-electron chi connectivity index (χ2n) is 7.23. The van der Waals surface area contributed by atoms with E-state index in [0.717, 1.165) is 11.1 Å². The van der Waals surface area contributed by atoms with Gasteiger partial charge in [-0.25, -0.2) is 9.78 Å². The van der Waals surface area contributed by atoms with Crippen molar-refractivity contribution in [3.05, 3.63) is 57.3 Å². The lowest BCUT2D eigenvalue weighted by atomic mass is 10.0. The van der Waals surface area contributed by atoms with Gasteiger partial charge in [-0.15, -0.1) is 0 Å². The normalized spacial score (nSPS) is 12.4. The molecule has 6 nitrogen and oxygen atoms in total. The maximum absolute atomic E-state index is 12.3. The number of hydrogen-bond donors (Lipinski definition) is 1. The summed E-state index contributed by atoms with van der Waals surface area (Å²) in [5.41, 5.74) is 2.43. The minimum atomic E-state index is -0.475. The van der Waals surface area contributed by atoms with Gasteiger partial charge in [-0.05, 0) is 37.5 Å². The summed E-state index contributed by atoms with van der Waals surface area (Å²) in [6.07, 6.45) is 1.98. The molecule has 3 rings (SSSR count). The third-order valence-corrected chi connectivity index (χ3v) is 5.37. The molecule has 2 aromatic heterocycles. The quantitative estimate of drug-likeness (QED) is 0.405. The first-order valence-corrected chi connectivity index (χ1v) is 10.3. The Labute approximate surface area is 180 Å². The fourth-order valence-corrected chi connectivity index (χ4v) is 3.34. The fraction of sp³-hybridized carbons (Fsp3) is 0.381. The average molecular weight is 435 g/mol. The molecule has 0 spiro atoms. The molecule has 0 aliphatic heterocycles. The maximum Gasteiger partial charge on any atom is 0.343 e. The van der Waals surface area contributed by atoms with Crippen molar-refractivity contribution in [2.75, 3.05) is 11.9 Å². The van der Waals surface area contributed by atoms with Crippen LogP contribution in [0.5, 0.6) is 0 Å². The Morgan fingerprint density at radius 2 is 2.03 bits per heavy atom. The number of aromatic nitrogens is 3. The van der Waals surface area contributed by atoms with Crippen molar-refractivity contribution in [1.29, 1.82) is 0 Å². The second kappa shape index (κ2) is 9.01. The number of carbonyl (C=O) groups excluding carboxylic acids is 1. The molecule has 0 radical (unpaired) electrons. The summed E-state index contributed by atoms with van der Waals surface area (Å²) >= 11 is 12.7. The Bertz CT molecular complexity index is 1030. The van der Waals surface area contributed by atoms with Gasteiger partial charge in [-0.2, -0.15) is 9.61 Å². The van der Waals surface area contributed by atoms with Crippen molar-refractivity contribution >= 4 is 40.6 Å². The van der Waals surface area contributed by atoms with Crippen LogP contribution in [0.3, 0.4) is 0 Å². The number of carbonyl (C=O) groups is 1. The molecule has 0 saturated heterocycles. The van der Waals surface area contributed by atoms with E-state index in [2.05, 4.69) is 36.2 Å². The Hall–Kier alpha value is -2.31. The van der Waals surface area contributed by atoms with Gasteiger partial charge in [0, 0.05) is 23.0 Å². The van der Waals surface area contributed by atoms with E-state index < -0.39 is 5.97 Å². The van der Waals surface area contributed by atoms with Crippen molar-refractivity contribution in [1.82, 2.24) is 14.6 Å². The van der Waals surface area contributed by atoms with Crippen LogP contribution in [0.1, 0.15) is 49.2 Å². The lowest BCUT2D eigenvalue weighted by Gasteiger charge is -2.22. The van der Waals surface area contributed by atoms with Crippen LogP contribution in [-0.2, 0) is 11.2 Å². The van der Waals surface area contributed by atoms with Gasteiger partial charge in [-0.1, -0.05) is 49.2 Å². The number of halogens is 2. The molecule has 0 bridgehead atoms. The number of esters is 1. The molecular weight excluding hydrogens is 411 g/mol. The number of ether oxygens (including phenoxy) is 1. The molecule has 0 aliphatic rings. The zero-order valence-electron chi connectivity index (χ0n) is 16.9. The van der Waals surface area contributed by atoms with E-state index in [1.807, 2.05) is 24.3 Å². The van der Waals surface area contributed by atoms with Gasteiger partial charge in [0.25, 0.3) is 0 Å². The Balaban J connectivity index is 2.15. The standard InChI is InChI=1S/C21H24Cl2N4O2/c1-5-29-21(28)17-11-24-27-19(25-13(4)12(2)3)16(18(23)26-20(17)27)10-14-7-6-8-15(22)9-14/h6-9,11-13,25H,5,10H2,1-4H3/t13-/m1/s1. The molecule has 154 valence electrons. The highest BCUT2D eigenvalue weighted by molar-refractivity contribution is 6.31. The monoisotopic (exact) mass is 434 g/mol. The Kier molecular flexibility index (Phi) is 6.65. The number of rotatable bonds is 7. The SMILES string of the molecule is CCOC(=O)c1cnn2c(N[C@H](C)C(C)C)c(Cc3cccc(Cl)c3)c(Cl)nc12. The molecule has 0 unspecified atom stereocenters. The predicted octanol–water partition coefficient (Wildman–Crippen LogP) is 5.26. The minimum Gasteiger partial charge on any atom is -0.462 e. The van der Waals surface area contributed by atoms with Gasteiger partial charge < -0.3 is 10.1 Å². The molecule has 0 saturated carbocycles. The minimum absolute atomic E-state index is 0.144. The van der Waals surface area contributed by atoms with Crippen molar-refractivity contribution in [3.63, 3.8) is 0 Å². The van der Waals surface area contributed by atoms with Crippen LogP contribution in [-0.4, -0.2) is 33.2 Å². The highest BCUT2D eigenvalue weighted by Crippen LogP contribution is 2.30. The number of fused-ring (bicyclic) bond motifs is 1.